The highest BCUT2D eigenvalue weighted by molar-refractivity contribution is 6.73. The van der Waals surface area contributed by atoms with Crippen molar-refractivity contribution in [3.63, 3.8) is 0 Å². The largest absolute Gasteiger partial charge is 0.456 e. The van der Waals surface area contributed by atoms with Crippen LogP contribution in [0.15, 0.2) is 138 Å². The van der Waals surface area contributed by atoms with Crippen molar-refractivity contribution in [2.75, 3.05) is 5.32 Å². The quantitative estimate of drug-likeness (QED) is 0.179. The number of furan rings is 1. The van der Waals surface area contributed by atoms with E-state index in [-0.39, 0.29) is 27.1 Å². The van der Waals surface area contributed by atoms with Crippen LogP contribution < -0.4 is 16.2 Å². The van der Waals surface area contributed by atoms with Crippen LogP contribution in [0.25, 0.3) is 82.8 Å². The Labute approximate surface area is 413 Å². The van der Waals surface area contributed by atoms with E-state index in [0.29, 0.717) is 0 Å². The first-order chi connectivity index (χ1) is 33.3. The zero-order valence-corrected chi connectivity index (χ0v) is 42.5. The van der Waals surface area contributed by atoms with Gasteiger partial charge in [-0.15, -0.1) is 0 Å². The van der Waals surface area contributed by atoms with Crippen molar-refractivity contribution >= 4 is 73.3 Å². The van der Waals surface area contributed by atoms with E-state index in [0.717, 1.165) is 46.3 Å². The van der Waals surface area contributed by atoms with E-state index < -0.39 is 0 Å². The van der Waals surface area contributed by atoms with Gasteiger partial charge in [0.2, 0.25) is 0 Å². The zero-order valence-electron chi connectivity index (χ0n) is 42.5. The molecule has 1 N–H and O–H groups in total. The van der Waals surface area contributed by atoms with Crippen LogP contribution in [-0.2, 0) is 27.1 Å². The molecule has 10 aromatic rings. The molecule has 0 saturated heterocycles. The predicted octanol–water partition coefficient (Wildman–Crippen LogP) is 16.3. The Hall–Kier alpha value is -6.78. The van der Waals surface area contributed by atoms with Crippen molar-refractivity contribution in [3.8, 4) is 39.1 Å². The topological polar surface area (TPSA) is 30.1 Å². The van der Waals surface area contributed by atoms with Gasteiger partial charge in [0.1, 0.15) is 11.2 Å². The van der Waals surface area contributed by atoms with E-state index in [2.05, 4.69) is 227 Å². The molecule has 14 rings (SSSR count). The van der Waals surface area contributed by atoms with Crippen LogP contribution >= 0.6 is 0 Å². The Morgan fingerprint density at radius 2 is 1.09 bits per heavy atom. The number of benzene rings is 8. The molecule has 3 aliphatic carbocycles. The van der Waals surface area contributed by atoms with Crippen LogP contribution in [0.4, 0.5) is 11.4 Å². The van der Waals surface area contributed by atoms with Crippen molar-refractivity contribution in [2.45, 2.75) is 116 Å². The lowest BCUT2D eigenvalue weighted by atomic mass is 9.58. The first-order valence-corrected chi connectivity index (χ1v) is 25.6. The average Bonchev–Trinajstić information content (AvgIpc) is 3.99. The summed E-state index contributed by atoms with van der Waals surface area (Å²) >= 11 is 0. The Kier molecular flexibility index (Phi) is 8.15. The molecule has 8 aromatic carbocycles. The molecule has 0 saturated carbocycles. The summed E-state index contributed by atoms with van der Waals surface area (Å²) in [6.45, 7) is 26.1. The van der Waals surface area contributed by atoms with Gasteiger partial charge in [0.25, 0.3) is 0 Å². The summed E-state index contributed by atoms with van der Waals surface area (Å²) in [5.41, 5.74) is 27.6. The van der Waals surface area contributed by atoms with Gasteiger partial charge in [-0.1, -0.05) is 160 Å². The molecule has 0 atom stereocenters. The van der Waals surface area contributed by atoms with E-state index >= 15 is 0 Å². The van der Waals surface area contributed by atoms with E-state index in [1.165, 1.54) is 111 Å². The lowest BCUT2D eigenvalue weighted by Gasteiger charge is -2.41. The van der Waals surface area contributed by atoms with Crippen molar-refractivity contribution in [1.29, 1.82) is 0 Å². The molecule has 343 valence electrons. The minimum Gasteiger partial charge on any atom is -0.456 e. The molecule has 0 unspecified atom stereocenters. The second-order valence-electron chi connectivity index (χ2n) is 24.7. The molecule has 70 heavy (non-hydrogen) atoms. The number of anilines is 2. The number of nitrogens with one attached hydrogen (secondary N) is 1. The molecule has 4 aliphatic rings. The molecule has 0 fully saturated rings. The predicted molar refractivity (Wildman–Crippen MR) is 297 cm³/mol. The molecule has 3 heterocycles. The Morgan fingerprint density at radius 3 is 1.76 bits per heavy atom. The first kappa shape index (κ1) is 42.1. The van der Waals surface area contributed by atoms with Crippen molar-refractivity contribution in [2.24, 2.45) is 0 Å². The lowest BCUT2D eigenvalue weighted by molar-refractivity contribution is 0.332. The summed E-state index contributed by atoms with van der Waals surface area (Å²) < 4.78 is 9.60. The highest BCUT2D eigenvalue weighted by Gasteiger charge is 2.41. The Balaban J connectivity index is 1.06. The molecular formula is C66H60BN2O. The van der Waals surface area contributed by atoms with E-state index in [1.54, 1.807) is 0 Å². The number of rotatable bonds is 3. The van der Waals surface area contributed by atoms with Gasteiger partial charge in [-0.3, -0.25) is 0 Å². The van der Waals surface area contributed by atoms with Gasteiger partial charge in [-0.05, 0) is 150 Å². The van der Waals surface area contributed by atoms with Gasteiger partial charge >= 0.3 is 0 Å². The van der Waals surface area contributed by atoms with Crippen LogP contribution in [0, 0.1) is 0 Å². The third kappa shape index (κ3) is 5.59. The summed E-state index contributed by atoms with van der Waals surface area (Å²) in [7, 11) is 2.51. The number of hydrogen-bond donors (Lipinski definition) is 1. The summed E-state index contributed by atoms with van der Waals surface area (Å²) in [4.78, 5) is 0. The minimum atomic E-state index is -0.130. The smallest absolute Gasteiger partial charge is 0.197 e. The lowest BCUT2D eigenvalue weighted by Crippen LogP contribution is -2.38. The van der Waals surface area contributed by atoms with Crippen LogP contribution in [0.3, 0.4) is 0 Å². The minimum absolute atomic E-state index is 0.0548. The molecular weight excluding hydrogens is 848 g/mol. The maximum absolute atomic E-state index is 6.97. The standard InChI is InChI=1S/C66H60BN2O/c1-62(2,3)36-20-22-37(23-21-36)68-55-35-59-46(47-30-52-53(34-58(47)70-59)64(6,7)27-26-63(52,4)5)28-44(55)40-24-25-41-45-29-50-42(38-16-12-14-18-48(38)65(50,8)9)31-56(45)69-57-32-43-39-17-13-15-19-49(39)66(10,11)51(43)33-54(57)67-60(40)61(41)69/h12-25,28-35,68H,26-27H2,1-11H3. The van der Waals surface area contributed by atoms with Gasteiger partial charge in [-0.2, -0.15) is 0 Å². The molecule has 1 aliphatic heterocycles. The second-order valence-corrected chi connectivity index (χ2v) is 24.7. The summed E-state index contributed by atoms with van der Waals surface area (Å²) in [6.07, 6.45) is 2.32. The molecule has 1 radical (unpaired) electrons. The Bertz CT molecular complexity index is 3970. The van der Waals surface area contributed by atoms with Crippen molar-refractivity contribution in [1.82, 2.24) is 4.57 Å². The van der Waals surface area contributed by atoms with Crippen molar-refractivity contribution in [3.05, 3.63) is 172 Å². The molecule has 0 bridgehead atoms. The van der Waals surface area contributed by atoms with Crippen LogP contribution in [0.1, 0.15) is 128 Å². The number of fused-ring (bicyclic) bond motifs is 15. The molecule has 4 heteroatoms. The van der Waals surface area contributed by atoms with Crippen LogP contribution in [-0.4, -0.2) is 11.8 Å². The molecule has 0 amide bonds. The van der Waals surface area contributed by atoms with Gasteiger partial charge in [0, 0.05) is 60.9 Å². The monoisotopic (exact) mass is 907 g/mol. The maximum Gasteiger partial charge on any atom is 0.197 e. The van der Waals surface area contributed by atoms with Gasteiger partial charge in [0.05, 0.1) is 11.2 Å². The summed E-state index contributed by atoms with van der Waals surface area (Å²) in [5.74, 6) is 0. The number of aromatic nitrogens is 1. The van der Waals surface area contributed by atoms with Crippen molar-refractivity contribution < 1.29 is 4.42 Å². The fourth-order valence-corrected chi connectivity index (χ4v) is 13.6. The fourth-order valence-electron chi connectivity index (χ4n) is 13.6. The Morgan fingerprint density at radius 1 is 0.500 bits per heavy atom. The fraction of sp³-hybridized carbons (Fsp3) is 0.273. The SMILES string of the molecule is CC(C)(C)c1ccc(Nc2cc3oc4cc5c(cc4c3cc2-c2ccc3c4cc6c(cc4n4c3c2[B]c2cc3c(cc2-4)-c2ccccc2C3(C)C)-c2ccccc2C6(C)C)C(C)(C)CCC5(C)C)cc1. The molecule has 0 spiro atoms. The normalized spacial score (nSPS) is 17.2. The molecule has 2 aromatic heterocycles. The molecule has 3 nitrogen and oxygen atoms in total. The van der Waals surface area contributed by atoms with E-state index in [1.807, 2.05) is 0 Å². The third-order valence-corrected chi connectivity index (χ3v) is 17.8. The van der Waals surface area contributed by atoms with Crippen LogP contribution in [0.5, 0.6) is 0 Å². The first-order valence-electron chi connectivity index (χ1n) is 25.6. The summed E-state index contributed by atoms with van der Waals surface area (Å²) in [6, 6.07) is 51.6. The summed E-state index contributed by atoms with van der Waals surface area (Å²) in [5, 5.41) is 8.89. The highest BCUT2D eigenvalue weighted by Crippen LogP contribution is 2.54. The zero-order chi connectivity index (χ0) is 48.2. The highest BCUT2D eigenvalue weighted by atomic mass is 16.3. The number of nitrogens with zero attached hydrogens (tertiary/aromatic N) is 1. The van der Waals surface area contributed by atoms with E-state index in [9.17, 15) is 0 Å². The van der Waals surface area contributed by atoms with Gasteiger partial charge in [-0.25, -0.2) is 0 Å². The average molecular weight is 908 g/mol. The van der Waals surface area contributed by atoms with Gasteiger partial charge in [0.15, 0.2) is 7.28 Å². The third-order valence-electron chi connectivity index (χ3n) is 17.8. The number of hydrogen-bond acceptors (Lipinski definition) is 2. The van der Waals surface area contributed by atoms with Crippen LogP contribution in [0.2, 0.25) is 0 Å². The van der Waals surface area contributed by atoms with Gasteiger partial charge < -0.3 is 14.3 Å². The van der Waals surface area contributed by atoms with E-state index in [4.69, 9.17) is 4.42 Å². The second kappa shape index (κ2) is 13.5. The maximum atomic E-state index is 6.97.